The van der Waals surface area contributed by atoms with Crippen LogP contribution in [0.3, 0.4) is 0 Å². The van der Waals surface area contributed by atoms with E-state index >= 15 is 0 Å². The van der Waals surface area contributed by atoms with Crippen LogP contribution in [-0.2, 0) is 6.61 Å². The Hall–Kier alpha value is -2.34. The van der Waals surface area contributed by atoms with Crippen molar-refractivity contribution in [1.29, 1.82) is 0 Å². The van der Waals surface area contributed by atoms with E-state index in [9.17, 15) is 18.0 Å². The SMILES string of the molecule is O=C(Nc1ccc(CO)cc1)c1ccc(F)c(F)c1F. The average Bonchev–Trinajstić information content (AvgIpc) is 2.45. The topological polar surface area (TPSA) is 49.3 Å². The first kappa shape index (κ1) is 14.1. The quantitative estimate of drug-likeness (QED) is 0.850. The van der Waals surface area contributed by atoms with Crippen LogP contribution in [0.4, 0.5) is 18.9 Å². The minimum Gasteiger partial charge on any atom is -0.392 e. The lowest BCUT2D eigenvalue weighted by atomic mass is 10.1. The maximum atomic E-state index is 13.4. The van der Waals surface area contributed by atoms with Gasteiger partial charge < -0.3 is 10.4 Å². The van der Waals surface area contributed by atoms with Crippen molar-refractivity contribution in [3.05, 3.63) is 65.0 Å². The zero-order valence-electron chi connectivity index (χ0n) is 10.2. The Morgan fingerprint density at radius 1 is 1.00 bits per heavy atom. The second kappa shape index (κ2) is 5.75. The molecule has 3 nitrogen and oxygen atoms in total. The van der Waals surface area contributed by atoms with Gasteiger partial charge in [-0.05, 0) is 29.8 Å². The van der Waals surface area contributed by atoms with Gasteiger partial charge in [0, 0.05) is 5.69 Å². The Morgan fingerprint density at radius 2 is 1.65 bits per heavy atom. The van der Waals surface area contributed by atoms with Crippen LogP contribution in [0.5, 0.6) is 0 Å². The molecular formula is C14H10F3NO2. The van der Waals surface area contributed by atoms with E-state index in [1.54, 1.807) is 12.1 Å². The molecule has 2 rings (SSSR count). The highest BCUT2D eigenvalue weighted by Gasteiger charge is 2.18. The summed E-state index contributed by atoms with van der Waals surface area (Å²) in [5, 5.41) is 11.2. The Bertz CT molecular complexity index is 642. The fourth-order valence-electron chi connectivity index (χ4n) is 1.59. The maximum absolute atomic E-state index is 13.4. The van der Waals surface area contributed by atoms with Crippen molar-refractivity contribution in [3.8, 4) is 0 Å². The molecule has 0 saturated carbocycles. The molecule has 0 aromatic heterocycles. The third-order valence-electron chi connectivity index (χ3n) is 2.67. The van der Waals surface area contributed by atoms with Gasteiger partial charge in [0.2, 0.25) is 0 Å². The second-order valence-electron chi connectivity index (χ2n) is 4.03. The van der Waals surface area contributed by atoms with Crippen molar-refractivity contribution < 1.29 is 23.1 Å². The zero-order chi connectivity index (χ0) is 14.7. The van der Waals surface area contributed by atoms with E-state index in [1.807, 2.05) is 0 Å². The Labute approximate surface area is 112 Å². The molecule has 1 amide bonds. The van der Waals surface area contributed by atoms with Gasteiger partial charge in [-0.2, -0.15) is 0 Å². The number of aliphatic hydroxyl groups is 1. The summed E-state index contributed by atoms with van der Waals surface area (Å²) in [4.78, 5) is 11.8. The molecule has 2 N–H and O–H groups in total. The van der Waals surface area contributed by atoms with Gasteiger partial charge in [-0.3, -0.25) is 4.79 Å². The second-order valence-corrected chi connectivity index (χ2v) is 4.03. The van der Waals surface area contributed by atoms with Crippen molar-refractivity contribution in [2.24, 2.45) is 0 Å². The molecule has 0 fully saturated rings. The van der Waals surface area contributed by atoms with Crippen LogP contribution in [-0.4, -0.2) is 11.0 Å². The Kier molecular flexibility index (Phi) is 4.05. The lowest BCUT2D eigenvalue weighted by molar-refractivity contribution is 0.102. The monoisotopic (exact) mass is 281 g/mol. The number of aliphatic hydroxyl groups excluding tert-OH is 1. The molecule has 2 aromatic carbocycles. The minimum atomic E-state index is -1.69. The highest BCUT2D eigenvalue weighted by atomic mass is 19.2. The summed E-state index contributed by atoms with van der Waals surface area (Å²) in [5.74, 6) is -5.47. The van der Waals surface area contributed by atoms with E-state index in [0.717, 1.165) is 6.07 Å². The molecule has 104 valence electrons. The summed E-state index contributed by atoms with van der Waals surface area (Å²) in [6, 6.07) is 7.68. The third kappa shape index (κ3) is 2.80. The molecule has 0 heterocycles. The number of hydrogen-bond acceptors (Lipinski definition) is 2. The number of benzene rings is 2. The zero-order valence-corrected chi connectivity index (χ0v) is 10.2. The van der Waals surface area contributed by atoms with E-state index in [0.29, 0.717) is 17.3 Å². The fourth-order valence-corrected chi connectivity index (χ4v) is 1.59. The molecule has 0 aliphatic carbocycles. The highest BCUT2D eigenvalue weighted by Crippen LogP contribution is 2.17. The van der Waals surface area contributed by atoms with Crippen LogP contribution in [0, 0.1) is 17.5 Å². The fraction of sp³-hybridized carbons (Fsp3) is 0.0714. The van der Waals surface area contributed by atoms with Gasteiger partial charge in [-0.1, -0.05) is 12.1 Å². The predicted molar refractivity (Wildman–Crippen MR) is 66.6 cm³/mol. The molecular weight excluding hydrogens is 271 g/mol. The standard InChI is InChI=1S/C14H10F3NO2/c15-11-6-5-10(12(16)13(11)17)14(20)18-9-3-1-8(7-19)2-4-9/h1-6,19H,7H2,(H,18,20). The first-order valence-corrected chi connectivity index (χ1v) is 5.67. The lowest BCUT2D eigenvalue weighted by Gasteiger charge is -2.07. The van der Waals surface area contributed by atoms with Crippen LogP contribution in [0.25, 0.3) is 0 Å². The summed E-state index contributed by atoms with van der Waals surface area (Å²) >= 11 is 0. The van der Waals surface area contributed by atoms with Crippen molar-refractivity contribution in [2.75, 3.05) is 5.32 Å². The van der Waals surface area contributed by atoms with E-state index in [-0.39, 0.29) is 6.61 Å². The molecule has 0 aliphatic heterocycles. The molecule has 0 radical (unpaired) electrons. The summed E-state index contributed by atoms with van der Waals surface area (Å²) < 4.78 is 39.2. The number of halogens is 3. The largest absolute Gasteiger partial charge is 0.392 e. The number of carbonyl (C=O) groups is 1. The van der Waals surface area contributed by atoms with E-state index in [2.05, 4.69) is 5.32 Å². The molecule has 0 saturated heterocycles. The molecule has 6 heteroatoms. The van der Waals surface area contributed by atoms with Crippen molar-refractivity contribution >= 4 is 11.6 Å². The van der Waals surface area contributed by atoms with Gasteiger partial charge in [0.25, 0.3) is 5.91 Å². The van der Waals surface area contributed by atoms with Gasteiger partial charge >= 0.3 is 0 Å². The molecule has 20 heavy (non-hydrogen) atoms. The maximum Gasteiger partial charge on any atom is 0.258 e. The molecule has 0 atom stereocenters. The van der Waals surface area contributed by atoms with E-state index < -0.39 is 28.9 Å². The molecule has 0 aliphatic rings. The minimum absolute atomic E-state index is 0.147. The lowest BCUT2D eigenvalue weighted by Crippen LogP contribution is -2.15. The number of carbonyl (C=O) groups excluding carboxylic acids is 1. The van der Waals surface area contributed by atoms with Gasteiger partial charge in [0.1, 0.15) is 0 Å². The average molecular weight is 281 g/mol. The third-order valence-corrected chi connectivity index (χ3v) is 2.67. The number of anilines is 1. The van der Waals surface area contributed by atoms with E-state index in [4.69, 9.17) is 5.11 Å². The normalized spacial score (nSPS) is 10.4. The smallest absolute Gasteiger partial charge is 0.258 e. The Morgan fingerprint density at radius 3 is 2.25 bits per heavy atom. The summed E-state index contributed by atoms with van der Waals surface area (Å²) in [6.45, 7) is -0.147. The van der Waals surface area contributed by atoms with Crippen LogP contribution in [0.15, 0.2) is 36.4 Å². The van der Waals surface area contributed by atoms with Crippen LogP contribution >= 0.6 is 0 Å². The van der Waals surface area contributed by atoms with Gasteiger partial charge in [0.15, 0.2) is 17.5 Å². The van der Waals surface area contributed by atoms with Gasteiger partial charge in [0.05, 0.1) is 12.2 Å². The van der Waals surface area contributed by atoms with Crippen LogP contribution < -0.4 is 5.32 Å². The van der Waals surface area contributed by atoms with Crippen LogP contribution in [0.1, 0.15) is 15.9 Å². The Balaban J connectivity index is 2.21. The first-order chi connectivity index (χ1) is 9.52. The number of hydrogen-bond donors (Lipinski definition) is 2. The first-order valence-electron chi connectivity index (χ1n) is 5.67. The molecule has 0 bridgehead atoms. The highest BCUT2D eigenvalue weighted by molar-refractivity contribution is 6.04. The van der Waals surface area contributed by atoms with Gasteiger partial charge in [-0.15, -0.1) is 0 Å². The summed E-state index contributed by atoms with van der Waals surface area (Å²) in [7, 11) is 0. The van der Waals surface area contributed by atoms with Gasteiger partial charge in [-0.25, -0.2) is 13.2 Å². The van der Waals surface area contributed by atoms with Crippen molar-refractivity contribution in [1.82, 2.24) is 0 Å². The van der Waals surface area contributed by atoms with Crippen molar-refractivity contribution in [2.45, 2.75) is 6.61 Å². The van der Waals surface area contributed by atoms with Crippen LogP contribution in [0.2, 0.25) is 0 Å². The number of amides is 1. The van der Waals surface area contributed by atoms with Crippen molar-refractivity contribution in [3.63, 3.8) is 0 Å². The molecule has 0 spiro atoms. The molecule has 0 unspecified atom stereocenters. The van der Waals surface area contributed by atoms with E-state index in [1.165, 1.54) is 12.1 Å². The predicted octanol–water partition coefficient (Wildman–Crippen LogP) is 2.85. The number of nitrogens with one attached hydrogen (secondary N) is 1. The number of rotatable bonds is 3. The molecule has 2 aromatic rings. The summed E-state index contributed by atoms with van der Waals surface area (Å²) in [6.07, 6.45) is 0. The summed E-state index contributed by atoms with van der Waals surface area (Å²) in [5.41, 5.74) is 0.397.